The third-order valence-electron chi connectivity index (χ3n) is 3.81. The number of non-ortho nitro benzene ring substituents is 1. The first-order valence-corrected chi connectivity index (χ1v) is 6.76. The fraction of sp³-hybridized carbons (Fsp3) is 0.500. The van der Waals surface area contributed by atoms with Crippen LogP contribution in [0.4, 0.5) is 11.4 Å². The predicted molar refractivity (Wildman–Crippen MR) is 76.7 cm³/mol. The lowest BCUT2D eigenvalue weighted by Gasteiger charge is -2.32. The molecule has 1 N–H and O–H groups in total. The van der Waals surface area contributed by atoms with Crippen LogP contribution < -0.4 is 10.2 Å². The van der Waals surface area contributed by atoms with Crippen LogP contribution in [-0.2, 0) is 4.79 Å². The van der Waals surface area contributed by atoms with E-state index in [1.165, 1.54) is 12.1 Å². The zero-order valence-electron chi connectivity index (χ0n) is 11.7. The molecular formula is C14H19N3O3. The lowest BCUT2D eigenvalue weighted by atomic mass is 9.92. The maximum absolute atomic E-state index is 12.5. The second kappa shape index (κ2) is 6.00. The summed E-state index contributed by atoms with van der Waals surface area (Å²) >= 11 is 0. The summed E-state index contributed by atoms with van der Waals surface area (Å²) in [6, 6.07) is 5.85. The molecule has 0 aliphatic carbocycles. The summed E-state index contributed by atoms with van der Waals surface area (Å²) in [5.74, 6) is 0.308. The summed E-state index contributed by atoms with van der Waals surface area (Å²) in [7, 11) is 1.70. The number of carbonyl (C=O) groups is 1. The third kappa shape index (κ3) is 2.96. The van der Waals surface area contributed by atoms with Gasteiger partial charge in [0.15, 0.2) is 0 Å². The molecule has 1 fully saturated rings. The number of nitro benzene ring substituents is 1. The van der Waals surface area contributed by atoms with Crippen LogP contribution in [-0.4, -0.2) is 30.5 Å². The first kappa shape index (κ1) is 14.5. The fourth-order valence-electron chi connectivity index (χ4n) is 2.51. The molecule has 20 heavy (non-hydrogen) atoms. The first-order valence-electron chi connectivity index (χ1n) is 6.76. The summed E-state index contributed by atoms with van der Waals surface area (Å²) in [5, 5.41) is 13.9. The predicted octanol–water partition coefficient (Wildman–Crippen LogP) is 1.95. The Balaban J connectivity index is 2.11. The van der Waals surface area contributed by atoms with Crippen molar-refractivity contribution >= 4 is 17.3 Å². The van der Waals surface area contributed by atoms with Crippen LogP contribution in [0.1, 0.15) is 19.8 Å². The second-order valence-electron chi connectivity index (χ2n) is 5.22. The Hall–Kier alpha value is -1.95. The quantitative estimate of drug-likeness (QED) is 0.676. The number of hydrogen-bond acceptors (Lipinski definition) is 4. The number of carbonyl (C=O) groups excluding carboxylic acids is 1. The van der Waals surface area contributed by atoms with E-state index in [2.05, 4.69) is 12.2 Å². The van der Waals surface area contributed by atoms with Gasteiger partial charge in [0, 0.05) is 24.9 Å². The Kier molecular flexibility index (Phi) is 4.34. The van der Waals surface area contributed by atoms with Crippen LogP contribution in [0.5, 0.6) is 0 Å². The molecule has 1 aliphatic heterocycles. The van der Waals surface area contributed by atoms with E-state index in [0.717, 1.165) is 19.4 Å². The molecule has 108 valence electrons. The number of nitro groups is 1. The molecule has 0 bridgehead atoms. The van der Waals surface area contributed by atoms with Crippen molar-refractivity contribution in [3.63, 3.8) is 0 Å². The summed E-state index contributed by atoms with van der Waals surface area (Å²) in [5.41, 5.74) is 0.693. The molecule has 1 amide bonds. The van der Waals surface area contributed by atoms with E-state index in [0.29, 0.717) is 11.6 Å². The number of benzene rings is 1. The standard InChI is InChI=1S/C14H19N3O3/c1-10-4-3-9-15-13(10)14(18)16(2)11-5-7-12(8-6-11)17(19)20/h5-8,10,13,15H,3-4,9H2,1-2H3. The van der Waals surface area contributed by atoms with Crippen molar-refractivity contribution in [2.75, 3.05) is 18.5 Å². The van der Waals surface area contributed by atoms with Crippen molar-refractivity contribution < 1.29 is 9.72 Å². The number of piperidine rings is 1. The number of anilines is 1. The SMILES string of the molecule is CC1CCCNC1C(=O)N(C)c1ccc([N+](=O)[O-])cc1. The molecule has 2 rings (SSSR count). The van der Waals surface area contributed by atoms with Crippen LogP contribution in [0.3, 0.4) is 0 Å². The van der Waals surface area contributed by atoms with E-state index < -0.39 is 4.92 Å². The van der Waals surface area contributed by atoms with Gasteiger partial charge >= 0.3 is 0 Å². The van der Waals surface area contributed by atoms with Crippen molar-refractivity contribution in [3.8, 4) is 0 Å². The van der Waals surface area contributed by atoms with E-state index in [9.17, 15) is 14.9 Å². The third-order valence-corrected chi connectivity index (χ3v) is 3.81. The van der Waals surface area contributed by atoms with Gasteiger partial charge in [0.2, 0.25) is 5.91 Å². The minimum absolute atomic E-state index is 0.00560. The maximum atomic E-state index is 12.5. The molecular weight excluding hydrogens is 258 g/mol. The molecule has 0 saturated carbocycles. The van der Waals surface area contributed by atoms with E-state index in [4.69, 9.17) is 0 Å². The van der Waals surface area contributed by atoms with Crippen LogP contribution in [0.2, 0.25) is 0 Å². The van der Waals surface area contributed by atoms with Crippen LogP contribution in [0, 0.1) is 16.0 Å². The van der Waals surface area contributed by atoms with Crippen molar-refractivity contribution in [1.82, 2.24) is 5.32 Å². The zero-order chi connectivity index (χ0) is 14.7. The average Bonchev–Trinajstić information content (AvgIpc) is 2.46. The van der Waals surface area contributed by atoms with Crippen LogP contribution in [0.15, 0.2) is 24.3 Å². The highest BCUT2D eigenvalue weighted by molar-refractivity contribution is 5.97. The molecule has 2 unspecified atom stereocenters. The number of amides is 1. The molecule has 6 heteroatoms. The van der Waals surface area contributed by atoms with Gasteiger partial charge in [0.1, 0.15) is 0 Å². The van der Waals surface area contributed by atoms with Crippen molar-refractivity contribution in [2.24, 2.45) is 5.92 Å². The van der Waals surface area contributed by atoms with Gasteiger partial charge in [0.05, 0.1) is 11.0 Å². The van der Waals surface area contributed by atoms with Gasteiger partial charge in [-0.05, 0) is 37.4 Å². The lowest BCUT2D eigenvalue weighted by Crippen LogP contribution is -2.51. The highest BCUT2D eigenvalue weighted by atomic mass is 16.6. The zero-order valence-corrected chi connectivity index (χ0v) is 11.7. The molecule has 1 heterocycles. The number of likely N-dealkylation sites (N-methyl/N-ethyl adjacent to an activating group) is 1. The van der Waals surface area contributed by atoms with Crippen LogP contribution >= 0.6 is 0 Å². The average molecular weight is 277 g/mol. The van der Waals surface area contributed by atoms with Gasteiger partial charge in [-0.15, -0.1) is 0 Å². The minimum atomic E-state index is -0.448. The monoisotopic (exact) mass is 277 g/mol. The van der Waals surface area contributed by atoms with Crippen molar-refractivity contribution in [3.05, 3.63) is 34.4 Å². The van der Waals surface area contributed by atoms with E-state index >= 15 is 0 Å². The Morgan fingerprint density at radius 1 is 1.40 bits per heavy atom. The normalized spacial score (nSPS) is 22.3. The molecule has 1 saturated heterocycles. The van der Waals surface area contributed by atoms with Gasteiger partial charge < -0.3 is 10.2 Å². The Bertz CT molecular complexity index is 501. The molecule has 0 aromatic heterocycles. The summed E-state index contributed by atoms with van der Waals surface area (Å²) in [6.07, 6.45) is 2.13. The van der Waals surface area contributed by atoms with Crippen molar-refractivity contribution in [1.29, 1.82) is 0 Å². The summed E-state index contributed by atoms with van der Waals surface area (Å²) < 4.78 is 0. The lowest BCUT2D eigenvalue weighted by molar-refractivity contribution is -0.384. The number of nitrogens with zero attached hydrogens (tertiary/aromatic N) is 2. The molecule has 2 atom stereocenters. The molecule has 1 aromatic carbocycles. The Morgan fingerprint density at radius 2 is 2.05 bits per heavy atom. The van der Waals surface area contributed by atoms with Gasteiger partial charge in [-0.2, -0.15) is 0 Å². The summed E-state index contributed by atoms with van der Waals surface area (Å²) in [4.78, 5) is 24.2. The van der Waals surface area contributed by atoms with E-state index in [1.54, 1.807) is 24.1 Å². The van der Waals surface area contributed by atoms with E-state index in [1.807, 2.05) is 0 Å². The molecule has 0 spiro atoms. The van der Waals surface area contributed by atoms with Gasteiger partial charge in [0.25, 0.3) is 5.69 Å². The first-order chi connectivity index (χ1) is 9.50. The van der Waals surface area contributed by atoms with Gasteiger partial charge in [-0.25, -0.2) is 0 Å². The van der Waals surface area contributed by atoms with Crippen molar-refractivity contribution in [2.45, 2.75) is 25.8 Å². The smallest absolute Gasteiger partial charge is 0.269 e. The molecule has 0 radical (unpaired) electrons. The minimum Gasteiger partial charge on any atom is -0.314 e. The number of nitrogens with one attached hydrogen (secondary N) is 1. The molecule has 1 aromatic rings. The topological polar surface area (TPSA) is 75.5 Å². The highest BCUT2D eigenvalue weighted by Gasteiger charge is 2.30. The molecule has 1 aliphatic rings. The van der Waals surface area contributed by atoms with Gasteiger partial charge in [-0.1, -0.05) is 6.92 Å². The Labute approximate surface area is 117 Å². The summed E-state index contributed by atoms with van der Waals surface area (Å²) in [6.45, 7) is 2.92. The van der Waals surface area contributed by atoms with Gasteiger partial charge in [-0.3, -0.25) is 14.9 Å². The highest BCUT2D eigenvalue weighted by Crippen LogP contribution is 2.22. The Morgan fingerprint density at radius 3 is 2.60 bits per heavy atom. The molecule has 6 nitrogen and oxygen atoms in total. The van der Waals surface area contributed by atoms with Crippen LogP contribution in [0.25, 0.3) is 0 Å². The fourth-order valence-corrected chi connectivity index (χ4v) is 2.51. The number of rotatable bonds is 3. The largest absolute Gasteiger partial charge is 0.314 e. The number of hydrogen-bond donors (Lipinski definition) is 1. The van der Waals surface area contributed by atoms with E-state index in [-0.39, 0.29) is 17.6 Å². The second-order valence-corrected chi connectivity index (χ2v) is 5.22. The maximum Gasteiger partial charge on any atom is 0.269 e.